The molecule has 0 atom stereocenters. The number of amides is 1. The zero-order chi connectivity index (χ0) is 15.1. The first-order valence-corrected chi connectivity index (χ1v) is 7.83. The average Bonchev–Trinajstić information content (AvgIpc) is 2.76. The number of ether oxygens (including phenoxy) is 1. The molecular formula is C18H25NO2. The molecule has 0 bridgehead atoms. The van der Waals surface area contributed by atoms with Gasteiger partial charge < -0.3 is 10.1 Å². The predicted molar refractivity (Wildman–Crippen MR) is 85.9 cm³/mol. The average molecular weight is 287 g/mol. The van der Waals surface area contributed by atoms with Gasteiger partial charge in [0, 0.05) is 11.6 Å². The van der Waals surface area contributed by atoms with Crippen molar-refractivity contribution in [3.05, 3.63) is 42.0 Å². The lowest BCUT2D eigenvalue weighted by Crippen LogP contribution is -2.34. The minimum absolute atomic E-state index is 0.0230. The van der Waals surface area contributed by atoms with Gasteiger partial charge in [0.2, 0.25) is 0 Å². The van der Waals surface area contributed by atoms with E-state index in [1.165, 1.54) is 25.7 Å². The summed E-state index contributed by atoms with van der Waals surface area (Å²) in [5.74, 6) is 0.829. The number of rotatable bonds is 5. The summed E-state index contributed by atoms with van der Waals surface area (Å²) in [5, 5.41) is 3.18. The lowest BCUT2D eigenvalue weighted by atomic mass is 10.0. The maximum atomic E-state index is 12.4. The molecule has 1 aromatic rings. The van der Waals surface area contributed by atoms with Gasteiger partial charge in [-0.2, -0.15) is 0 Å². The topological polar surface area (TPSA) is 38.3 Å². The summed E-state index contributed by atoms with van der Waals surface area (Å²) in [7, 11) is 1.65. The normalized spacial score (nSPS) is 16.0. The third kappa shape index (κ3) is 4.35. The van der Waals surface area contributed by atoms with Crippen LogP contribution in [-0.2, 0) is 6.42 Å². The van der Waals surface area contributed by atoms with Crippen LogP contribution in [0.4, 0.5) is 0 Å². The molecule has 0 aliphatic heterocycles. The SMILES string of the molecule is C=CCc1cc(C(=O)NC2CCCCCC2)ccc1OC. The van der Waals surface area contributed by atoms with Crippen LogP contribution >= 0.6 is 0 Å². The predicted octanol–water partition coefficient (Wildman–Crippen LogP) is 3.88. The number of carbonyl (C=O) groups is 1. The molecule has 1 saturated carbocycles. The van der Waals surface area contributed by atoms with Gasteiger partial charge >= 0.3 is 0 Å². The second-order valence-corrected chi connectivity index (χ2v) is 5.68. The lowest BCUT2D eigenvalue weighted by molar-refractivity contribution is 0.0933. The van der Waals surface area contributed by atoms with Crippen molar-refractivity contribution in [2.24, 2.45) is 0 Å². The van der Waals surface area contributed by atoms with E-state index in [1.807, 2.05) is 24.3 Å². The Balaban J connectivity index is 2.07. The second-order valence-electron chi connectivity index (χ2n) is 5.68. The van der Waals surface area contributed by atoms with Crippen molar-refractivity contribution in [1.29, 1.82) is 0 Å². The molecule has 0 saturated heterocycles. The molecule has 0 aromatic heterocycles. The van der Waals surface area contributed by atoms with Gasteiger partial charge in [0.1, 0.15) is 5.75 Å². The van der Waals surface area contributed by atoms with Crippen LogP contribution in [0.3, 0.4) is 0 Å². The van der Waals surface area contributed by atoms with E-state index in [2.05, 4.69) is 11.9 Å². The van der Waals surface area contributed by atoms with E-state index in [9.17, 15) is 4.79 Å². The molecule has 1 N–H and O–H groups in total. The van der Waals surface area contributed by atoms with Crippen molar-refractivity contribution in [3.63, 3.8) is 0 Å². The van der Waals surface area contributed by atoms with Gasteiger partial charge in [-0.05, 0) is 43.0 Å². The van der Waals surface area contributed by atoms with E-state index in [0.717, 1.165) is 24.2 Å². The van der Waals surface area contributed by atoms with Crippen molar-refractivity contribution < 1.29 is 9.53 Å². The molecule has 1 aliphatic carbocycles. The summed E-state index contributed by atoms with van der Waals surface area (Å²) in [5.41, 5.74) is 1.71. The molecule has 3 nitrogen and oxygen atoms in total. The third-order valence-electron chi connectivity index (χ3n) is 4.10. The van der Waals surface area contributed by atoms with Gasteiger partial charge in [-0.15, -0.1) is 6.58 Å². The summed E-state index contributed by atoms with van der Waals surface area (Å²) in [6.07, 6.45) is 9.74. The molecule has 2 rings (SSSR count). The Labute approximate surface area is 127 Å². The van der Waals surface area contributed by atoms with E-state index < -0.39 is 0 Å². The molecule has 0 heterocycles. The fraction of sp³-hybridized carbons (Fsp3) is 0.500. The van der Waals surface area contributed by atoms with Gasteiger partial charge in [-0.25, -0.2) is 0 Å². The number of carbonyl (C=O) groups excluding carboxylic acids is 1. The number of hydrogen-bond acceptors (Lipinski definition) is 2. The number of nitrogens with one attached hydrogen (secondary N) is 1. The smallest absolute Gasteiger partial charge is 0.251 e. The zero-order valence-corrected chi connectivity index (χ0v) is 12.9. The van der Waals surface area contributed by atoms with Crippen LogP contribution in [0.5, 0.6) is 5.75 Å². The van der Waals surface area contributed by atoms with Crippen molar-refractivity contribution >= 4 is 5.91 Å². The van der Waals surface area contributed by atoms with Gasteiger partial charge in [-0.3, -0.25) is 4.79 Å². The van der Waals surface area contributed by atoms with Crippen LogP contribution in [0.2, 0.25) is 0 Å². The van der Waals surface area contributed by atoms with Gasteiger partial charge in [0.05, 0.1) is 7.11 Å². The van der Waals surface area contributed by atoms with Crippen LogP contribution in [0.15, 0.2) is 30.9 Å². The Bertz CT molecular complexity index is 488. The summed E-state index contributed by atoms with van der Waals surface area (Å²) >= 11 is 0. The van der Waals surface area contributed by atoms with Crippen LogP contribution in [0.25, 0.3) is 0 Å². The van der Waals surface area contributed by atoms with Crippen LogP contribution < -0.4 is 10.1 Å². The fourth-order valence-electron chi connectivity index (χ4n) is 2.93. The molecule has 1 amide bonds. The zero-order valence-electron chi connectivity index (χ0n) is 12.9. The Hall–Kier alpha value is -1.77. The van der Waals surface area contributed by atoms with E-state index in [0.29, 0.717) is 18.0 Å². The standard InChI is InChI=1S/C18H25NO2/c1-3-8-14-13-15(11-12-17(14)21-2)18(20)19-16-9-6-4-5-7-10-16/h3,11-13,16H,1,4-10H2,2H3,(H,19,20). The highest BCUT2D eigenvalue weighted by Gasteiger charge is 2.16. The van der Waals surface area contributed by atoms with Crippen molar-refractivity contribution in [2.45, 2.75) is 51.0 Å². The van der Waals surface area contributed by atoms with Crippen LogP contribution in [0.1, 0.15) is 54.4 Å². The summed E-state index contributed by atoms with van der Waals surface area (Å²) in [4.78, 5) is 12.4. The molecule has 1 fully saturated rings. The van der Waals surface area contributed by atoms with E-state index in [4.69, 9.17) is 4.74 Å². The van der Waals surface area contributed by atoms with Gasteiger partial charge in [0.25, 0.3) is 5.91 Å². The monoisotopic (exact) mass is 287 g/mol. The van der Waals surface area contributed by atoms with E-state index >= 15 is 0 Å². The van der Waals surface area contributed by atoms with Gasteiger partial charge in [-0.1, -0.05) is 31.8 Å². The Morgan fingerprint density at radius 1 is 1.33 bits per heavy atom. The first-order chi connectivity index (χ1) is 10.2. The van der Waals surface area contributed by atoms with Crippen molar-refractivity contribution in [3.8, 4) is 5.75 Å². The van der Waals surface area contributed by atoms with E-state index in [-0.39, 0.29) is 5.91 Å². The minimum atomic E-state index is 0.0230. The molecule has 114 valence electrons. The van der Waals surface area contributed by atoms with Crippen LogP contribution in [0, 0.1) is 0 Å². The molecule has 1 aliphatic rings. The number of hydrogen-bond donors (Lipinski definition) is 1. The second kappa shape index (κ2) is 7.87. The van der Waals surface area contributed by atoms with Crippen LogP contribution in [-0.4, -0.2) is 19.1 Å². The lowest BCUT2D eigenvalue weighted by Gasteiger charge is -2.17. The largest absolute Gasteiger partial charge is 0.496 e. The number of benzene rings is 1. The summed E-state index contributed by atoms with van der Waals surface area (Å²) in [6, 6.07) is 5.93. The highest BCUT2D eigenvalue weighted by atomic mass is 16.5. The molecule has 0 radical (unpaired) electrons. The quantitative estimate of drug-likeness (QED) is 0.659. The van der Waals surface area contributed by atoms with Gasteiger partial charge in [0.15, 0.2) is 0 Å². The summed E-state index contributed by atoms with van der Waals surface area (Å²) in [6.45, 7) is 3.75. The number of methoxy groups -OCH3 is 1. The van der Waals surface area contributed by atoms with E-state index in [1.54, 1.807) is 7.11 Å². The first kappa shape index (κ1) is 15.6. The third-order valence-corrected chi connectivity index (χ3v) is 4.10. The minimum Gasteiger partial charge on any atom is -0.496 e. The molecule has 21 heavy (non-hydrogen) atoms. The molecule has 1 aromatic carbocycles. The summed E-state index contributed by atoms with van der Waals surface area (Å²) < 4.78 is 5.32. The Kier molecular flexibility index (Phi) is 5.85. The Morgan fingerprint density at radius 2 is 2.05 bits per heavy atom. The molecule has 0 spiro atoms. The first-order valence-electron chi connectivity index (χ1n) is 7.83. The highest BCUT2D eigenvalue weighted by molar-refractivity contribution is 5.94. The molecule has 3 heteroatoms. The van der Waals surface area contributed by atoms with Crippen molar-refractivity contribution in [1.82, 2.24) is 5.32 Å². The highest BCUT2D eigenvalue weighted by Crippen LogP contribution is 2.22. The number of allylic oxidation sites excluding steroid dienone is 1. The van der Waals surface area contributed by atoms with Crippen molar-refractivity contribution in [2.75, 3.05) is 7.11 Å². The Morgan fingerprint density at radius 3 is 2.67 bits per heavy atom. The molecule has 0 unspecified atom stereocenters. The maximum Gasteiger partial charge on any atom is 0.251 e. The molecular weight excluding hydrogens is 262 g/mol. The fourth-order valence-corrected chi connectivity index (χ4v) is 2.93. The maximum absolute atomic E-state index is 12.4.